The molecule has 0 aromatic heterocycles. The van der Waals surface area contributed by atoms with Crippen LogP contribution in [-0.4, -0.2) is 11.2 Å². The molecule has 2 saturated carbocycles. The van der Waals surface area contributed by atoms with Crippen molar-refractivity contribution in [2.45, 2.75) is 78.2 Å². The molecular weight excluding hydrogens is 208 g/mol. The molecule has 2 aliphatic carbocycles. The molecule has 1 N–H and O–H groups in total. The molecule has 0 saturated heterocycles. The average molecular weight is 238 g/mol. The highest BCUT2D eigenvalue weighted by atomic mass is 16.3. The zero-order valence-corrected chi connectivity index (χ0v) is 11.9. The molecule has 0 spiro atoms. The number of aliphatic hydroxyl groups is 1. The van der Waals surface area contributed by atoms with Crippen LogP contribution in [0.1, 0.15) is 72.1 Å². The van der Waals surface area contributed by atoms with Gasteiger partial charge in [-0.15, -0.1) is 0 Å². The molecule has 0 bridgehead atoms. The summed E-state index contributed by atoms with van der Waals surface area (Å²) in [6.07, 6.45) is 10.5. The number of rotatable bonds is 1. The van der Waals surface area contributed by atoms with Crippen LogP contribution in [-0.2, 0) is 0 Å². The van der Waals surface area contributed by atoms with Crippen molar-refractivity contribution in [3.05, 3.63) is 0 Å². The Morgan fingerprint density at radius 2 is 1.12 bits per heavy atom. The lowest BCUT2D eigenvalue weighted by atomic mass is 9.65. The Morgan fingerprint density at radius 1 is 0.706 bits per heavy atom. The van der Waals surface area contributed by atoms with Gasteiger partial charge in [-0.1, -0.05) is 20.8 Å². The normalized spacial score (nSPS) is 40.2. The molecule has 2 fully saturated rings. The predicted molar refractivity (Wildman–Crippen MR) is 72.9 cm³/mol. The van der Waals surface area contributed by atoms with Crippen LogP contribution in [0.15, 0.2) is 0 Å². The molecule has 2 aliphatic rings. The summed E-state index contributed by atoms with van der Waals surface area (Å²) in [5, 5.41) is 9.57. The molecule has 100 valence electrons. The van der Waals surface area contributed by atoms with E-state index in [0.717, 1.165) is 30.6 Å². The lowest BCUT2D eigenvalue weighted by Crippen LogP contribution is -2.31. The summed E-state index contributed by atoms with van der Waals surface area (Å²) in [6, 6.07) is 0. The first-order valence-corrected chi connectivity index (χ1v) is 7.65. The average Bonchev–Trinajstić information content (AvgIpc) is 2.29. The summed E-state index contributed by atoms with van der Waals surface area (Å²) in [6.45, 7) is 7.19. The van der Waals surface area contributed by atoms with Crippen LogP contribution < -0.4 is 0 Å². The van der Waals surface area contributed by atoms with Crippen molar-refractivity contribution in [2.24, 2.45) is 23.2 Å². The summed E-state index contributed by atoms with van der Waals surface area (Å²) in [5.41, 5.74) is 0.508. The summed E-state index contributed by atoms with van der Waals surface area (Å²) in [4.78, 5) is 0. The second-order valence-electron chi connectivity index (χ2n) is 7.55. The van der Waals surface area contributed by atoms with Crippen molar-refractivity contribution in [3.63, 3.8) is 0 Å². The zero-order chi connectivity index (χ0) is 12.5. The first-order chi connectivity index (χ1) is 7.97. The largest absolute Gasteiger partial charge is 0.393 e. The first kappa shape index (κ1) is 13.4. The van der Waals surface area contributed by atoms with Crippen LogP contribution in [0.4, 0.5) is 0 Å². The van der Waals surface area contributed by atoms with Crippen molar-refractivity contribution in [2.75, 3.05) is 0 Å². The summed E-state index contributed by atoms with van der Waals surface area (Å²) in [7, 11) is 0. The SMILES string of the molecule is CC(C)(C)C1CCC(C2CCC(O)CC2)CC1. The molecule has 0 atom stereocenters. The van der Waals surface area contributed by atoms with E-state index in [1.165, 1.54) is 38.5 Å². The highest BCUT2D eigenvalue weighted by Crippen LogP contribution is 2.44. The van der Waals surface area contributed by atoms with E-state index in [-0.39, 0.29) is 6.10 Å². The number of aliphatic hydroxyl groups excluding tert-OH is 1. The van der Waals surface area contributed by atoms with Gasteiger partial charge in [0.1, 0.15) is 0 Å². The van der Waals surface area contributed by atoms with Crippen molar-refractivity contribution in [1.29, 1.82) is 0 Å². The second kappa shape index (κ2) is 5.30. The number of hydrogen-bond donors (Lipinski definition) is 1. The van der Waals surface area contributed by atoms with Crippen molar-refractivity contribution in [3.8, 4) is 0 Å². The minimum atomic E-state index is 0.0113. The third-order valence-corrected chi connectivity index (χ3v) is 5.40. The van der Waals surface area contributed by atoms with E-state index >= 15 is 0 Å². The Hall–Kier alpha value is -0.0400. The fourth-order valence-electron chi connectivity index (χ4n) is 4.03. The van der Waals surface area contributed by atoms with Gasteiger partial charge in [0.05, 0.1) is 6.10 Å². The van der Waals surface area contributed by atoms with Gasteiger partial charge in [-0.25, -0.2) is 0 Å². The maximum absolute atomic E-state index is 9.57. The Labute approximate surface area is 107 Å². The third-order valence-electron chi connectivity index (χ3n) is 5.40. The molecule has 1 heteroatoms. The van der Waals surface area contributed by atoms with E-state index in [1.54, 1.807) is 0 Å². The standard InChI is InChI=1S/C16H30O/c1-16(2,3)14-8-4-12(5-9-14)13-6-10-15(17)11-7-13/h12-15,17H,4-11H2,1-3H3. The van der Waals surface area contributed by atoms with E-state index in [0.29, 0.717) is 5.41 Å². The lowest BCUT2D eigenvalue weighted by Gasteiger charge is -2.41. The topological polar surface area (TPSA) is 20.2 Å². The molecule has 0 amide bonds. The Morgan fingerprint density at radius 3 is 1.53 bits per heavy atom. The minimum absolute atomic E-state index is 0.0113. The van der Waals surface area contributed by atoms with E-state index in [4.69, 9.17) is 0 Å². The van der Waals surface area contributed by atoms with Crippen molar-refractivity contribution >= 4 is 0 Å². The molecule has 0 unspecified atom stereocenters. The highest BCUT2D eigenvalue weighted by Gasteiger charge is 2.33. The summed E-state index contributed by atoms with van der Waals surface area (Å²) >= 11 is 0. The van der Waals surface area contributed by atoms with Gasteiger partial charge in [0.2, 0.25) is 0 Å². The highest BCUT2D eigenvalue weighted by molar-refractivity contribution is 4.85. The molecule has 0 aliphatic heterocycles. The van der Waals surface area contributed by atoms with E-state index in [2.05, 4.69) is 20.8 Å². The first-order valence-electron chi connectivity index (χ1n) is 7.65. The van der Waals surface area contributed by atoms with Gasteiger partial charge in [0.15, 0.2) is 0 Å². The van der Waals surface area contributed by atoms with Gasteiger partial charge >= 0.3 is 0 Å². The Balaban J connectivity index is 1.79. The van der Waals surface area contributed by atoms with Crippen molar-refractivity contribution < 1.29 is 5.11 Å². The predicted octanol–water partition coefficient (Wildman–Crippen LogP) is 4.39. The number of hydrogen-bond acceptors (Lipinski definition) is 1. The van der Waals surface area contributed by atoms with Crippen LogP contribution in [0, 0.1) is 23.2 Å². The van der Waals surface area contributed by atoms with Crippen LogP contribution in [0.5, 0.6) is 0 Å². The van der Waals surface area contributed by atoms with Crippen molar-refractivity contribution in [1.82, 2.24) is 0 Å². The van der Waals surface area contributed by atoms with Crippen LogP contribution in [0.25, 0.3) is 0 Å². The van der Waals surface area contributed by atoms with E-state index in [1.807, 2.05) is 0 Å². The Kier molecular flexibility index (Phi) is 4.18. The maximum atomic E-state index is 9.57. The minimum Gasteiger partial charge on any atom is -0.393 e. The van der Waals surface area contributed by atoms with Gasteiger partial charge in [-0.3, -0.25) is 0 Å². The molecule has 1 nitrogen and oxygen atoms in total. The zero-order valence-electron chi connectivity index (χ0n) is 11.9. The van der Waals surface area contributed by atoms with Gasteiger partial charge in [0, 0.05) is 0 Å². The van der Waals surface area contributed by atoms with Crippen LogP contribution >= 0.6 is 0 Å². The molecular formula is C16H30O. The monoisotopic (exact) mass is 238 g/mol. The van der Waals surface area contributed by atoms with E-state index < -0.39 is 0 Å². The molecule has 0 heterocycles. The molecule has 2 rings (SSSR count). The van der Waals surface area contributed by atoms with Crippen LogP contribution in [0.3, 0.4) is 0 Å². The van der Waals surface area contributed by atoms with Gasteiger partial charge in [-0.2, -0.15) is 0 Å². The van der Waals surface area contributed by atoms with Gasteiger partial charge in [-0.05, 0) is 74.5 Å². The lowest BCUT2D eigenvalue weighted by molar-refractivity contribution is 0.0646. The van der Waals surface area contributed by atoms with Gasteiger partial charge in [0.25, 0.3) is 0 Å². The van der Waals surface area contributed by atoms with Gasteiger partial charge < -0.3 is 5.11 Å². The molecule has 0 aromatic rings. The smallest absolute Gasteiger partial charge is 0.0540 e. The van der Waals surface area contributed by atoms with E-state index in [9.17, 15) is 5.11 Å². The molecule has 0 aromatic carbocycles. The Bertz CT molecular complexity index is 224. The maximum Gasteiger partial charge on any atom is 0.0540 e. The fourth-order valence-corrected chi connectivity index (χ4v) is 4.03. The molecule has 0 radical (unpaired) electrons. The quantitative estimate of drug-likeness (QED) is 0.718. The summed E-state index contributed by atoms with van der Waals surface area (Å²) < 4.78 is 0. The molecule has 17 heavy (non-hydrogen) atoms. The van der Waals surface area contributed by atoms with Crippen LogP contribution in [0.2, 0.25) is 0 Å². The second-order valence-corrected chi connectivity index (χ2v) is 7.55. The third kappa shape index (κ3) is 3.47. The summed E-state index contributed by atoms with van der Waals surface area (Å²) in [5.74, 6) is 2.84. The fraction of sp³-hybridized carbons (Fsp3) is 1.00.